The Kier molecular flexibility index (Phi) is 3.33. The molecule has 2 heterocycles. The highest BCUT2D eigenvalue weighted by Gasteiger charge is 2.52. The number of hydrogen-bond acceptors (Lipinski definition) is 4. The van der Waals surface area contributed by atoms with E-state index < -0.39 is 23.1 Å². The summed E-state index contributed by atoms with van der Waals surface area (Å²) in [5, 5.41) is 20.9. The number of hydrogen-bond donors (Lipinski definition) is 1. The molecule has 96 valence electrons. The molecule has 2 saturated heterocycles. The van der Waals surface area contributed by atoms with E-state index >= 15 is 0 Å². The lowest BCUT2D eigenvalue weighted by Gasteiger charge is -2.41. The minimum absolute atomic E-state index is 0.00486. The van der Waals surface area contributed by atoms with Crippen LogP contribution in [0.25, 0.3) is 0 Å². The van der Waals surface area contributed by atoms with Crippen molar-refractivity contribution in [2.45, 2.75) is 63.3 Å². The van der Waals surface area contributed by atoms with E-state index in [0.717, 1.165) is 12.8 Å². The molecule has 1 amide bonds. The summed E-state index contributed by atoms with van der Waals surface area (Å²) in [4.78, 5) is 24.1. The van der Waals surface area contributed by atoms with Crippen LogP contribution in [0.4, 0.5) is 0 Å². The summed E-state index contributed by atoms with van der Waals surface area (Å²) in [5.74, 6) is 0.00667. The zero-order chi connectivity index (χ0) is 12.6. The topological polar surface area (TPSA) is 83.7 Å². The monoisotopic (exact) mass is 242 g/mol. The van der Waals surface area contributed by atoms with Gasteiger partial charge in [0, 0.05) is 23.8 Å². The number of amides is 1. The van der Waals surface area contributed by atoms with Crippen LogP contribution in [0.15, 0.2) is 0 Å². The van der Waals surface area contributed by atoms with Crippen molar-refractivity contribution in [1.82, 2.24) is 4.90 Å². The minimum atomic E-state index is -1.02. The van der Waals surface area contributed by atoms with Gasteiger partial charge in [0.1, 0.15) is 12.1 Å². The quantitative estimate of drug-likeness (QED) is 0.579. The molecule has 2 aliphatic rings. The van der Waals surface area contributed by atoms with Crippen LogP contribution < -0.4 is 0 Å². The van der Waals surface area contributed by atoms with Gasteiger partial charge in [-0.2, -0.15) is 0 Å². The first-order chi connectivity index (χ1) is 8.06. The molecule has 0 aliphatic carbocycles. The second-order valence-electron chi connectivity index (χ2n) is 4.93. The molecular formula is C11H18N2O4. The van der Waals surface area contributed by atoms with Crippen molar-refractivity contribution in [3.8, 4) is 0 Å². The van der Waals surface area contributed by atoms with Gasteiger partial charge in [0.2, 0.25) is 5.91 Å². The third-order valence-corrected chi connectivity index (χ3v) is 3.86. The fourth-order valence-corrected chi connectivity index (χ4v) is 3.17. The molecule has 6 nitrogen and oxygen atoms in total. The highest BCUT2D eigenvalue weighted by Crippen LogP contribution is 2.35. The van der Waals surface area contributed by atoms with Crippen molar-refractivity contribution >= 4 is 5.91 Å². The van der Waals surface area contributed by atoms with E-state index in [4.69, 9.17) is 0 Å². The summed E-state index contributed by atoms with van der Waals surface area (Å²) in [6, 6.07) is -1.45. The maximum absolute atomic E-state index is 11.8. The first-order valence-corrected chi connectivity index (χ1v) is 6.19. The van der Waals surface area contributed by atoms with Crippen molar-refractivity contribution in [1.29, 1.82) is 0 Å². The van der Waals surface area contributed by atoms with Gasteiger partial charge in [0.25, 0.3) is 6.04 Å². The van der Waals surface area contributed by atoms with Crippen LogP contribution >= 0.6 is 0 Å². The molecule has 2 rings (SSSR count). The Morgan fingerprint density at radius 1 is 1.59 bits per heavy atom. The Balaban J connectivity index is 2.27. The molecule has 6 heteroatoms. The van der Waals surface area contributed by atoms with Crippen molar-refractivity contribution in [3.63, 3.8) is 0 Å². The van der Waals surface area contributed by atoms with E-state index in [1.807, 2.05) is 6.92 Å². The number of carbonyl (C=O) groups excluding carboxylic acids is 1. The molecule has 1 N–H and O–H groups in total. The van der Waals surface area contributed by atoms with Crippen molar-refractivity contribution < 1.29 is 14.8 Å². The lowest BCUT2D eigenvalue weighted by Crippen LogP contribution is -2.60. The van der Waals surface area contributed by atoms with Gasteiger partial charge in [-0.3, -0.25) is 14.9 Å². The van der Waals surface area contributed by atoms with Crippen LogP contribution in [0.1, 0.15) is 39.0 Å². The van der Waals surface area contributed by atoms with Gasteiger partial charge in [-0.15, -0.1) is 0 Å². The number of piperidine rings is 1. The number of aliphatic hydroxyl groups excluding tert-OH is 1. The number of carbonyl (C=O) groups is 1. The zero-order valence-electron chi connectivity index (χ0n) is 9.91. The van der Waals surface area contributed by atoms with Crippen molar-refractivity contribution in [3.05, 3.63) is 10.1 Å². The number of nitrogens with zero attached hydrogens (tertiary/aromatic N) is 2. The predicted octanol–water partition coefficient (Wildman–Crippen LogP) is 0.556. The Labute approximate surface area is 99.7 Å². The van der Waals surface area contributed by atoms with Crippen LogP contribution in [0.2, 0.25) is 0 Å². The molecule has 0 bridgehead atoms. The summed E-state index contributed by atoms with van der Waals surface area (Å²) in [5.41, 5.74) is 0. The fraction of sp³-hybridized carbons (Fsp3) is 0.909. The first-order valence-electron chi connectivity index (χ1n) is 6.19. The van der Waals surface area contributed by atoms with E-state index in [1.165, 1.54) is 0 Å². The molecule has 0 saturated carbocycles. The molecule has 17 heavy (non-hydrogen) atoms. The average molecular weight is 242 g/mol. The highest BCUT2D eigenvalue weighted by molar-refractivity contribution is 5.79. The Hall–Kier alpha value is -1.17. The Bertz CT molecular complexity index is 331. The molecular weight excluding hydrogens is 224 g/mol. The normalized spacial score (nSPS) is 37.1. The van der Waals surface area contributed by atoms with Gasteiger partial charge >= 0.3 is 0 Å². The van der Waals surface area contributed by atoms with Gasteiger partial charge in [-0.1, -0.05) is 13.3 Å². The SMILES string of the molecule is CCC[C@@H]1[C@@H]([N+](=O)[O-])[C@H](O)C[C@@H]2CCC(=O)N21. The maximum Gasteiger partial charge on any atom is 0.258 e. The summed E-state index contributed by atoms with van der Waals surface area (Å²) in [7, 11) is 0. The average Bonchev–Trinajstić information content (AvgIpc) is 2.59. The number of rotatable bonds is 3. The van der Waals surface area contributed by atoms with Crippen LogP contribution in [-0.4, -0.2) is 45.1 Å². The Morgan fingerprint density at radius 2 is 2.29 bits per heavy atom. The molecule has 0 aromatic carbocycles. The van der Waals surface area contributed by atoms with Crippen LogP contribution in [0, 0.1) is 10.1 Å². The molecule has 0 radical (unpaired) electrons. The van der Waals surface area contributed by atoms with Crippen molar-refractivity contribution in [2.24, 2.45) is 0 Å². The van der Waals surface area contributed by atoms with Gasteiger partial charge in [-0.25, -0.2) is 0 Å². The van der Waals surface area contributed by atoms with E-state index in [-0.39, 0.29) is 11.9 Å². The van der Waals surface area contributed by atoms with Crippen LogP contribution in [0.5, 0.6) is 0 Å². The first kappa shape index (κ1) is 12.3. The standard InChI is InChI=1S/C11H18N2O4/c1-2-3-8-11(13(16)17)9(14)6-7-4-5-10(15)12(7)8/h7-9,11,14H,2-6H2,1H3/t7-,8+,9+,11+/m0/s1. The molecule has 0 unspecified atom stereocenters. The lowest BCUT2D eigenvalue weighted by molar-refractivity contribution is -0.546. The molecule has 0 spiro atoms. The number of aliphatic hydroxyl groups is 1. The van der Waals surface area contributed by atoms with E-state index in [9.17, 15) is 20.0 Å². The van der Waals surface area contributed by atoms with E-state index in [2.05, 4.69) is 0 Å². The van der Waals surface area contributed by atoms with Crippen molar-refractivity contribution in [2.75, 3.05) is 0 Å². The van der Waals surface area contributed by atoms with Gasteiger partial charge < -0.3 is 10.0 Å². The third kappa shape index (κ3) is 2.01. The lowest BCUT2D eigenvalue weighted by atomic mass is 9.87. The predicted molar refractivity (Wildman–Crippen MR) is 60.0 cm³/mol. The maximum atomic E-state index is 11.8. The third-order valence-electron chi connectivity index (χ3n) is 3.86. The van der Waals surface area contributed by atoms with E-state index in [0.29, 0.717) is 19.3 Å². The smallest absolute Gasteiger partial charge is 0.258 e. The zero-order valence-corrected chi connectivity index (χ0v) is 9.91. The molecule has 2 aliphatic heterocycles. The minimum Gasteiger partial charge on any atom is -0.386 e. The van der Waals surface area contributed by atoms with Crippen LogP contribution in [0.3, 0.4) is 0 Å². The van der Waals surface area contributed by atoms with Gasteiger partial charge in [-0.05, 0) is 12.8 Å². The number of nitro groups is 1. The Morgan fingerprint density at radius 3 is 2.88 bits per heavy atom. The van der Waals surface area contributed by atoms with Gasteiger partial charge in [0.15, 0.2) is 0 Å². The summed E-state index contributed by atoms with van der Waals surface area (Å²) >= 11 is 0. The molecule has 2 fully saturated rings. The largest absolute Gasteiger partial charge is 0.386 e. The summed E-state index contributed by atoms with van der Waals surface area (Å²) in [6.45, 7) is 1.94. The molecule has 0 aromatic rings. The summed E-state index contributed by atoms with van der Waals surface area (Å²) < 4.78 is 0. The second kappa shape index (κ2) is 4.60. The van der Waals surface area contributed by atoms with Gasteiger partial charge in [0.05, 0.1) is 0 Å². The highest BCUT2D eigenvalue weighted by atomic mass is 16.6. The van der Waals surface area contributed by atoms with E-state index in [1.54, 1.807) is 4.90 Å². The molecule has 4 atom stereocenters. The number of fused-ring (bicyclic) bond motifs is 1. The second-order valence-corrected chi connectivity index (χ2v) is 4.93. The summed E-state index contributed by atoms with van der Waals surface area (Å²) in [6.07, 6.45) is 1.97. The van der Waals surface area contributed by atoms with Crippen LogP contribution in [-0.2, 0) is 4.79 Å². The fourth-order valence-electron chi connectivity index (χ4n) is 3.17. The molecule has 0 aromatic heterocycles.